The lowest BCUT2D eigenvalue weighted by Gasteiger charge is -2.32. The molecule has 2 aliphatic rings. The van der Waals surface area contributed by atoms with Gasteiger partial charge in [0.05, 0.1) is 14.2 Å². The van der Waals surface area contributed by atoms with E-state index in [-0.39, 0.29) is 23.5 Å². The van der Waals surface area contributed by atoms with Gasteiger partial charge >= 0.3 is 0 Å². The molecule has 1 unspecified atom stereocenters. The highest BCUT2D eigenvalue weighted by Gasteiger charge is 2.34. The first-order valence-electron chi connectivity index (χ1n) is 8.70. The Morgan fingerprint density at radius 1 is 1.20 bits per heavy atom. The molecule has 1 amide bonds. The maximum absolute atomic E-state index is 12.8. The Morgan fingerprint density at radius 2 is 1.84 bits per heavy atom. The Labute approximate surface area is 153 Å². The number of fused-ring (bicyclic) bond motifs is 1. The molecule has 0 N–H and O–H groups in total. The van der Waals surface area contributed by atoms with E-state index < -0.39 is 0 Å². The van der Waals surface area contributed by atoms with Gasteiger partial charge in [-0.3, -0.25) is 9.59 Å². The Bertz CT molecular complexity index is 668. The molecule has 0 spiro atoms. The molecule has 6 heteroatoms. The van der Waals surface area contributed by atoms with E-state index in [0.717, 1.165) is 49.9 Å². The molecule has 136 valence electrons. The van der Waals surface area contributed by atoms with Crippen LogP contribution in [-0.4, -0.2) is 49.8 Å². The summed E-state index contributed by atoms with van der Waals surface area (Å²) >= 11 is 5.62. The first-order chi connectivity index (χ1) is 12.1. The van der Waals surface area contributed by atoms with Gasteiger partial charge in [0.25, 0.3) is 0 Å². The number of benzene rings is 1. The monoisotopic (exact) mass is 365 g/mol. The van der Waals surface area contributed by atoms with Crippen molar-refractivity contribution in [3.05, 3.63) is 23.3 Å². The van der Waals surface area contributed by atoms with Crippen LogP contribution in [-0.2, 0) is 11.2 Å². The van der Waals surface area contributed by atoms with Crippen molar-refractivity contribution in [2.45, 2.75) is 25.7 Å². The van der Waals surface area contributed by atoms with Crippen molar-refractivity contribution in [2.75, 3.05) is 33.2 Å². The normalized spacial score (nSPS) is 20.5. The van der Waals surface area contributed by atoms with Crippen LogP contribution in [0.2, 0.25) is 0 Å². The van der Waals surface area contributed by atoms with Crippen LogP contribution in [0.3, 0.4) is 0 Å². The molecule has 5 nitrogen and oxygen atoms in total. The first-order valence-corrected chi connectivity index (χ1v) is 9.23. The van der Waals surface area contributed by atoms with Crippen LogP contribution in [0.4, 0.5) is 0 Å². The minimum atomic E-state index is 0.00338. The van der Waals surface area contributed by atoms with Gasteiger partial charge in [0, 0.05) is 24.6 Å². The third-order valence-electron chi connectivity index (χ3n) is 5.41. The summed E-state index contributed by atoms with van der Waals surface area (Å²) in [7, 11) is 3.19. The third-order valence-corrected chi connectivity index (χ3v) is 5.64. The van der Waals surface area contributed by atoms with Crippen LogP contribution < -0.4 is 9.47 Å². The van der Waals surface area contributed by atoms with Crippen molar-refractivity contribution in [2.24, 2.45) is 11.8 Å². The summed E-state index contributed by atoms with van der Waals surface area (Å²) in [5.41, 5.74) is 1.81. The highest BCUT2D eigenvalue weighted by molar-refractivity contribution is 6.27. The Morgan fingerprint density at radius 3 is 2.44 bits per heavy atom. The SMILES string of the molecule is COc1cc2c(cc1OC)C(=O)C(CC1CCN(C(=O)CCl)CC1)C2. The standard InChI is InChI=1S/C19H24ClNO4/c1-24-16-9-13-8-14(19(23)15(13)10-17(16)25-2)7-12-3-5-21(6-4-12)18(22)11-20/h9-10,12,14H,3-8,11H2,1-2H3. The zero-order valence-corrected chi connectivity index (χ0v) is 15.5. The number of carbonyl (C=O) groups excluding carboxylic acids is 2. The van der Waals surface area contributed by atoms with Gasteiger partial charge in [0.2, 0.25) is 5.91 Å². The fourth-order valence-electron chi connectivity index (χ4n) is 3.99. The largest absolute Gasteiger partial charge is 0.493 e. The summed E-state index contributed by atoms with van der Waals surface area (Å²) in [5, 5.41) is 0. The number of alkyl halides is 1. The van der Waals surface area contributed by atoms with E-state index >= 15 is 0 Å². The lowest BCUT2D eigenvalue weighted by atomic mass is 9.85. The molecule has 1 aliphatic carbocycles. The van der Waals surface area contributed by atoms with E-state index in [0.29, 0.717) is 17.4 Å². The lowest BCUT2D eigenvalue weighted by molar-refractivity contribution is -0.129. The highest BCUT2D eigenvalue weighted by atomic mass is 35.5. The van der Waals surface area contributed by atoms with Crippen LogP contribution in [0.5, 0.6) is 11.5 Å². The molecule has 1 heterocycles. The molecule has 3 rings (SSSR count). The van der Waals surface area contributed by atoms with E-state index in [2.05, 4.69) is 0 Å². The number of carbonyl (C=O) groups is 2. The van der Waals surface area contributed by atoms with Crippen molar-refractivity contribution in [1.29, 1.82) is 0 Å². The quantitative estimate of drug-likeness (QED) is 0.753. The van der Waals surface area contributed by atoms with Crippen molar-refractivity contribution in [3.8, 4) is 11.5 Å². The first kappa shape index (κ1) is 18.1. The summed E-state index contributed by atoms with van der Waals surface area (Å²) in [6, 6.07) is 3.73. The van der Waals surface area contributed by atoms with Gasteiger partial charge in [-0.05, 0) is 49.3 Å². The summed E-state index contributed by atoms with van der Waals surface area (Å²) in [6.07, 6.45) is 3.52. The third kappa shape index (κ3) is 3.61. The number of nitrogens with zero attached hydrogens (tertiary/aromatic N) is 1. The zero-order valence-electron chi connectivity index (χ0n) is 14.7. The molecule has 0 radical (unpaired) electrons. The molecule has 1 saturated heterocycles. The number of halogens is 1. The van der Waals surface area contributed by atoms with Crippen molar-refractivity contribution < 1.29 is 19.1 Å². The van der Waals surface area contributed by atoms with Gasteiger partial charge in [0.1, 0.15) is 5.88 Å². The number of methoxy groups -OCH3 is 2. The number of Topliss-reactive ketones (excluding diaryl/α,β-unsaturated/α-hetero) is 1. The molecule has 1 fully saturated rings. The zero-order chi connectivity index (χ0) is 18.0. The molecule has 1 aromatic rings. The Hall–Kier alpha value is -1.75. The number of amides is 1. The van der Waals surface area contributed by atoms with E-state index in [1.165, 1.54) is 0 Å². The van der Waals surface area contributed by atoms with E-state index in [1.807, 2.05) is 11.0 Å². The molecule has 1 aromatic carbocycles. The van der Waals surface area contributed by atoms with Crippen molar-refractivity contribution in [1.82, 2.24) is 4.90 Å². The summed E-state index contributed by atoms with van der Waals surface area (Å²) in [4.78, 5) is 26.3. The fraction of sp³-hybridized carbons (Fsp3) is 0.579. The molecule has 0 aromatic heterocycles. The van der Waals surface area contributed by atoms with E-state index in [9.17, 15) is 9.59 Å². The molecule has 0 bridgehead atoms. The van der Waals surface area contributed by atoms with Gasteiger partial charge in [-0.2, -0.15) is 0 Å². The highest BCUT2D eigenvalue weighted by Crippen LogP contribution is 2.39. The molecule has 25 heavy (non-hydrogen) atoms. The minimum absolute atomic E-state index is 0.00338. The van der Waals surface area contributed by atoms with Crippen LogP contribution in [0.15, 0.2) is 12.1 Å². The average molecular weight is 366 g/mol. The van der Waals surface area contributed by atoms with Crippen LogP contribution >= 0.6 is 11.6 Å². The predicted octanol–water partition coefficient (Wildman–Crippen LogP) is 2.93. The van der Waals surface area contributed by atoms with E-state index in [4.69, 9.17) is 21.1 Å². The second kappa shape index (κ2) is 7.65. The average Bonchev–Trinajstić information content (AvgIpc) is 2.95. The van der Waals surface area contributed by atoms with E-state index in [1.54, 1.807) is 20.3 Å². The van der Waals surface area contributed by atoms with Gasteiger partial charge < -0.3 is 14.4 Å². The van der Waals surface area contributed by atoms with Gasteiger partial charge in [-0.15, -0.1) is 11.6 Å². The summed E-state index contributed by atoms with van der Waals surface area (Å²) < 4.78 is 10.7. The summed E-state index contributed by atoms with van der Waals surface area (Å²) in [6.45, 7) is 1.48. The Kier molecular flexibility index (Phi) is 5.52. The second-order valence-electron chi connectivity index (χ2n) is 6.82. The molecular weight excluding hydrogens is 342 g/mol. The predicted molar refractivity (Wildman–Crippen MR) is 95.7 cm³/mol. The number of hydrogen-bond acceptors (Lipinski definition) is 4. The van der Waals surface area contributed by atoms with Crippen molar-refractivity contribution >= 4 is 23.3 Å². The number of likely N-dealkylation sites (tertiary alicyclic amines) is 1. The summed E-state index contributed by atoms with van der Waals surface area (Å²) in [5.74, 6) is 2.02. The Balaban J connectivity index is 1.64. The number of piperidine rings is 1. The maximum atomic E-state index is 12.8. The van der Waals surface area contributed by atoms with Crippen LogP contribution in [0, 0.1) is 11.8 Å². The molecule has 0 saturated carbocycles. The fourth-order valence-corrected chi connectivity index (χ4v) is 4.16. The number of rotatable bonds is 5. The van der Waals surface area contributed by atoms with Crippen LogP contribution in [0.25, 0.3) is 0 Å². The number of ketones is 1. The molecule has 1 aliphatic heterocycles. The maximum Gasteiger partial charge on any atom is 0.237 e. The second-order valence-corrected chi connectivity index (χ2v) is 7.09. The number of hydrogen-bond donors (Lipinski definition) is 0. The van der Waals surface area contributed by atoms with Gasteiger partial charge in [-0.25, -0.2) is 0 Å². The molecular formula is C19H24ClNO4. The van der Waals surface area contributed by atoms with Crippen LogP contribution in [0.1, 0.15) is 35.2 Å². The van der Waals surface area contributed by atoms with Gasteiger partial charge in [-0.1, -0.05) is 0 Å². The minimum Gasteiger partial charge on any atom is -0.493 e. The number of ether oxygens (including phenoxy) is 2. The smallest absolute Gasteiger partial charge is 0.237 e. The lowest BCUT2D eigenvalue weighted by Crippen LogP contribution is -2.39. The van der Waals surface area contributed by atoms with Gasteiger partial charge in [0.15, 0.2) is 17.3 Å². The molecule has 1 atom stereocenters. The topological polar surface area (TPSA) is 55.8 Å². The van der Waals surface area contributed by atoms with Crippen molar-refractivity contribution in [3.63, 3.8) is 0 Å².